The van der Waals surface area contributed by atoms with Gasteiger partial charge in [0, 0.05) is 43.3 Å². The number of hydrogen-bond donors (Lipinski definition) is 1. The minimum Gasteiger partial charge on any atom is -0.459 e. The summed E-state index contributed by atoms with van der Waals surface area (Å²) in [4.78, 5) is 31.0. The maximum absolute atomic E-state index is 12.5. The molecule has 144 valence electrons. The smallest absolute Gasteiger partial charge is 0.289 e. The number of nitrogens with zero attached hydrogens (tertiary/aromatic N) is 2. The summed E-state index contributed by atoms with van der Waals surface area (Å²) in [6.07, 6.45) is 7.55. The van der Waals surface area contributed by atoms with Gasteiger partial charge in [0.15, 0.2) is 5.76 Å². The van der Waals surface area contributed by atoms with E-state index in [1.807, 2.05) is 4.90 Å². The average molecular weight is 388 g/mol. The lowest BCUT2D eigenvalue weighted by Crippen LogP contribution is -2.39. The number of carbonyl (C=O) groups is 2. The normalized spacial score (nSPS) is 20.3. The number of piperidine rings is 1. The fraction of sp³-hybridized carbons (Fsp3) is 0.550. The van der Waals surface area contributed by atoms with E-state index in [2.05, 4.69) is 10.7 Å². The van der Waals surface area contributed by atoms with Crippen LogP contribution >= 0.6 is 11.3 Å². The highest BCUT2D eigenvalue weighted by Gasteiger charge is 2.28. The lowest BCUT2D eigenvalue weighted by atomic mass is 9.85. The molecule has 0 bridgehead atoms. The summed E-state index contributed by atoms with van der Waals surface area (Å²) in [5.41, 5.74) is 1.03. The molecule has 0 spiro atoms. The molecule has 2 aromatic rings. The first-order valence-electron chi connectivity index (χ1n) is 9.75. The predicted octanol–water partition coefficient (Wildman–Crippen LogP) is 3.21. The summed E-state index contributed by atoms with van der Waals surface area (Å²) < 4.78 is 5.25. The fourth-order valence-corrected chi connectivity index (χ4v) is 4.65. The summed E-state index contributed by atoms with van der Waals surface area (Å²) in [7, 11) is 0. The highest BCUT2D eigenvalue weighted by Crippen LogP contribution is 2.30. The Hall–Kier alpha value is -2.15. The molecule has 1 saturated heterocycles. The quantitative estimate of drug-likeness (QED) is 0.826. The number of likely N-dealkylation sites (tertiary alicyclic amines) is 1. The molecule has 27 heavy (non-hydrogen) atoms. The molecule has 1 aliphatic carbocycles. The first-order chi connectivity index (χ1) is 13.2. The maximum atomic E-state index is 12.5. The highest BCUT2D eigenvalue weighted by molar-refractivity contribution is 7.09. The molecule has 2 aromatic heterocycles. The van der Waals surface area contributed by atoms with Gasteiger partial charge in [0.1, 0.15) is 0 Å². The number of thiazole rings is 1. The van der Waals surface area contributed by atoms with Gasteiger partial charge in [0.05, 0.1) is 17.0 Å². The molecule has 1 aliphatic heterocycles. The number of amides is 2. The topological polar surface area (TPSA) is 75.4 Å². The number of carbonyl (C=O) groups excluding carboxylic acids is 2. The predicted molar refractivity (Wildman–Crippen MR) is 103 cm³/mol. The molecular formula is C20H25N3O3S. The maximum Gasteiger partial charge on any atom is 0.289 e. The van der Waals surface area contributed by atoms with Crippen LogP contribution in [0.2, 0.25) is 0 Å². The lowest BCUT2D eigenvalue weighted by molar-refractivity contribution is -0.127. The van der Waals surface area contributed by atoms with Gasteiger partial charge in [0.2, 0.25) is 5.91 Å². The minimum absolute atomic E-state index is 0.0415. The molecule has 1 atom stereocenters. The van der Waals surface area contributed by atoms with E-state index in [-0.39, 0.29) is 23.7 Å². The van der Waals surface area contributed by atoms with Crippen molar-refractivity contribution >= 4 is 23.2 Å². The SMILES string of the molecule is O=C(NCCc1csc(C2CCCN(C(=O)c3ccco3)C2)n1)C1CCC1. The summed E-state index contributed by atoms with van der Waals surface area (Å²) in [5, 5.41) is 6.19. The third kappa shape index (κ3) is 4.24. The zero-order chi connectivity index (χ0) is 18.6. The Morgan fingerprint density at radius 3 is 2.93 bits per heavy atom. The largest absolute Gasteiger partial charge is 0.459 e. The van der Waals surface area contributed by atoms with Crippen LogP contribution in [0.3, 0.4) is 0 Å². The van der Waals surface area contributed by atoms with Crippen molar-refractivity contribution in [1.29, 1.82) is 0 Å². The summed E-state index contributed by atoms with van der Waals surface area (Å²) in [6, 6.07) is 3.46. The Morgan fingerprint density at radius 2 is 2.19 bits per heavy atom. The molecule has 1 unspecified atom stereocenters. The second kappa shape index (κ2) is 8.25. The highest BCUT2D eigenvalue weighted by atomic mass is 32.1. The van der Waals surface area contributed by atoms with Gasteiger partial charge in [0.25, 0.3) is 5.91 Å². The first-order valence-corrected chi connectivity index (χ1v) is 10.6. The van der Waals surface area contributed by atoms with Crippen molar-refractivity contribution in [3.63, 3.8) is 0 Å². The van der Waals surface area contributed by atoms with Gasteiger partial charge in [-0.3, -0.25) is 9.59 Å². The van der Waals surface area contributed by atoms with Crippen LogP contribution in [-0.4, -0.2) is 41.3 Å². The average Bonchev–Trinajstić information content (AvgIpc) is 3.32. The van der Waals surface area contributed by atoms with Gasteiger partial charge in [-0.25, -0.2) is 4.98 Å². The molecule has 6 nitrogen and oxygen atoms in total. The Bertz CT molecular complexity index is 782. The molecule has 1 N–H and O–H groups in total. The first kappa shape index (κ1) is 18.2. The zero-order valence-electron chi connectivity index (χ0n) is 15.4. The van der Waals surface area contributed by atoms with Crippen LogP contribution in [0.5, 0.6) is 0 Å². The minimum atomic E-state index is -0.0415. The third-order valence-corrected chi connectivity index (χ3v) is 6.57. The Labute approximate surface area is 163 Å². The summed E-state index contributed by atoms with van der Waals surface area (Å²) in [5.74, 6) is 1.06. The van der Waals surface area contributed by atoms with Gasteiger partial charge in [-0.1, -0.05) is 6.42 Å². The van der Waals surface area contributed by atoms with Crippen molar-refractivity contribution in [3.05, 3.63) is 40.2 Å². The number of aromatic nitrogens is 1. The van der Waals surface area contributed by atoms with Gasteiger partial charge < -0.3 is 14.6 Å². The fourth-order valence-electron chi connectivity index (χ4n) is 3.67. The van der Waals surface area contributed by atoms with E-state index in [4.69, 9.17) is 9.40 Å². The van der Waals surface area contributed by atoms with Crippen LogP contribution in [0.1, 0.15) is 59.3 Å². The number of furan rings is 1. The molecule has 0 aromatic carbocycles. The lowest BCUT2D eigenvalue weighted by Gasteiger charge is -2.31. The van der Waals surface area contributed by atoms with Crippen LogP contribution in [0.25, 0.3) is 0 Å². The van der Waals surface area contributed by atoms with Crippen molar-refractivity contribution < 1.29 is 14.0 Å². The van der Waals surface area contributed by atoms with Gasteiger partial charge >= 0.3 is 0 Å². The molecular weight excluding hydrogens is 362 g/mol. The zero-order valence-corrected chi connectivity index (χ0v) is 16.2. The number of rotatable bonds is 6. The van der Waals surface area contributed by atoms with Crippen molar-refractivity contribution in [3.8, 4) is 0 Å². The van der Waals surface area contributed by atoms with Crippen molar-refractivity contribution in [2.45, 2.75) is 44.4 Å². The van der Waals surface area contributed by atoms with E-state index in [0.717, 1.165) is 49.4 Å². The molecule has 7 heteroatoms. The molecule has 2 amide bonds. The van der Waals surface area contributed by atoms with Crippen molar-refractivity contribution in [2.24, 2.45) is 5.92 Å². The molecule has 2 aliphatic rings. The van der Waals surface area contributed by atoms with Crippen LogP contribution in [0, 0.1) is 5.92 Å². The van der Waals surface area contributed by atoms with E-state index < -0.39 is 0 Å². The van der Waals surface area contributed by atoms with Crippen molar-refractivity contribution in [1.82, 2.24) is 15.2 Å². The number of nitrogens with one attached hydrogen (secondary N) is 1. The Morgan fingerprint density at radius 1 is 1.30 bits per heavy atom. The molecule has 4 rings (SSSR count). The summed E-state index contributed by atoms with van der Waals surface area (Å²) in [6.45, 7) is 2.10. The van der Waals surface area contributed by atoms with E-state index >= 15 is 0 Å². The van der Waals surface area contributed by atoms with Gasteiger partial charge in [-0.05, 0) is 37.8 Å². The van der Waals surface area contributed by atoms with Gasteiger partial charge in [-0.15, -0.1) is 11.3 Å². The molecule has 1 saturated carbocycles. The van der Waals surface area contributed by atoms with Crippen LogP contribution < -0.4 is 5.32 Å². The Kier molecular flexibility index (Phi) is 5.57. The monoisotopic (exact) mass is 387 g/mol. The number of hydrogen-bond acceptors (Lipinski definition) is 5. The van der Waals surface area contributed by atoms with Crippen LogP contribution in [0.4, 0.5) is 0 Å². The standard InChI is InChI=1S/C20H25N3O3S/c24-18(14-4-1-5-14)21-9-8-16-13-27-19(22-16)15-6-2-10-23(12-15)20(25)17-7-3-11-26-17/h3,7,11,13-15H,1-2,4-6,8-10,12H2,(H,21,24). The van der Waals surface area contributed by atoms with E-state index in [1.54, 1.807) is 23.5 Å². The van der Waals surface area contributed by atoms with Gasteiger partial charge in [-0.2, -0.15) is 0 Å². The third-order valence-electron chi connectivity index (χ3n) is 5.52. The second-order valence-electron chi connectivity index (χ2n) is 7.41. The molecule has 0 radical (unpaired) electrons. The van der Waals surface area contributed by atoms with Crippen LogP contribution in [-0.2, 0) is 11.2 Å². The molecule has 3 heterocycles. The van der Waals surface area contributed by atoms with E-state index in [1.165, 1.54) is 12.7 Å². The van der Waals surface area contributed by atoms with Crippen LogP contribution in [0.15, 0.2) is 28.2 Å². The second-order valence-corrected chi connectivity index (χ2v) is 8.30. The Balaban J connectivity index is 1.29. The van der Waals surface area contributed by atoms with Crippen molar-refractivity contribution in [2.75, 3.05) is 19.6 Å². The van der Waals surface area contributed by atoms with E-state index in [0.29, 0.717) is 18.8 Å². The van der Waals surface area contributed by atoms with E-state index in [9.17, 15) is 9.59 Å². The molecule has 2 fully saturated rings. The summed E-state index contributed by atoms with van der Waals surface area (Å²) >= 11 is 1.66.